The Morgan fingerprint density at radius 2 is 2.29 bits per heavy atom. The van der Waals surface area contributed by atoms with Crippen LogP contribution >= 0.6 is 11.6 Å². The van der Waals surface area contributed by atoms with Gasteiger partial charge in [-0.05, 0) is 6.07 Å². The van der Waals surface area contributed by atoms with Crippen molar-refractivity contribution < 1.29 is 13.5 Å². The summed E-state index contributed by atoms with van der Waals surface area (Å²) in [5.74, 6) is 0.0126. The molecular weight excluding hydrogens is 214 g/mol. The van der Waals surface area contributed by atoms with Crippen LogP contribution in [0.1, 0.15) is 17.8 Å². The third-order valence-corrected chi connectivity index (χ3v) is 1.76. The Balaban J connectivity index is 3.33. The van der Waals surface area contributed by atoms with Crippen molar-refractivity contribution in [2.24, 2.45) is 0 Å². The van der Waals surface area contributed by atoms with Gasteiger partial charge in [-0.1, -0.05) is 11.6 Å². The molecule has 0 unspecified atom stereocenters. The van der Waals surface area contributed by atoms with Crippen LogP contribution in [-0.4, -0.2) is 12.1 Å². The van der Waals surface area contributed by atoms with Gasteiger partial charge in [0.1, 0.15) is 11.8 Å². The summed E-state index contributed by atoms with van der Waals surface area (Å²) in [6.45, 7) is 0. The van der Waals surface area contributed by atoms with Gasteiger partial charge in [0, 0.05) is 0 Å². The molecule has 0 saturated heterocycles. The molecule has 1 rings (SSSR count). The monoisotopic (exact) mass is 218 g/mol. The molecule has 14 heavy (non-hydrogen) atoms. The minimum absolute atomic E-state index is 0.0126. The average Bonchev–Trinajstić information content (AvgIpc) is 2.16. The highest BCUT2D eigenvalue weighted by Crippen LogP contribution is 2.30. The molecule has 0 saturated carbocycles. The number of methoxy groups -OCH3 is 1. The summed E-state index contributed by atoms with van der Waals surface area (Å²) in [5, 5.41) is 8.54. The number of nitrogens with zero attached hydrogens (tertiary/aromatic N) is 2. The molecule has 0 radical (unpaired) electrons. The largest absolute Gasteiger partial charge is 0.492 e. The van der Waals surface area contributed by atoms with Gasteiger partial charge in [-0.3, -0.25) is 0 Å². The van der Waals surface area contributed by atoms with Crippen molar-refractivity contribution in [2.45, 2.75) is 6.43 Å². The molecule has 74 valence electrons. The molecule has 3 nitrogen and oxygen atoms in total. The first kappa shape index (κ1) is 10.7. The Bertz CT molecular complexity index is 390. The van der Waals surface area contributed by atoms with Gasteiger partial charge in [0.2, 0.25) is 0 Å². The predicted octanol–water partition coefficient (Wildman–Crippen LogP) is 2.55. The van der Waals surface area contributed by atoms with Gasteiger partial charge in [-0.15, -0.1) is 0 Å². The quantitative estimate of drug-likeness (QED) is 0.766. The molecule has 0 aliphatic heterocycles. The maximum absolute atomic E-state index is 12.2. The number of rotatable bonds is 2. The lowest BCUT2D eigenvalue weighted by Gasteiger charge is -2.06. The van der Waals surface area contributed by atoms with Crippen molar-refractivity contribution in [1.82, 2.24) is 4.98 Å². The van der Waals surface area contributed by atoms with Gasteiger partial charge >= 0.3 is 0 Å². The maximum atomic E-state index is 12.2. The van der Waals surface area contributed by atoms with Crippen LogP contribution in [-0.2, 0) is 0 Å². The number of ether oxygens (including phenoxy) is 1. The molecule has 0 atom stereocenters. The van der Waals surface area contributed by atoms with E-state index in [1.165, 1.54) is 7.11 Å². The normalized spacial score (nSPS) is 10.0. The number of halogens is 3. The number of pyridine rings is 1. The zero-order valence-corrected chi connectivity index (χ0v) is 7.85. The zero-order chi connectivity index (χ0) is 10.7. The third-order valence-electron chi connectivity index (χ3n) is 1.48. The third kappa shape index (κ3) is 1.91. The van der Waals surface area contributed by atoms with Gasteiger partial charge in [0.05, 0.1) is 12.1 Å². The van der Waals surface area contributed by atoms with Crippen molar-refractivity contribution in [1.29, 1.82) is 5.26 Å². The minimum Gasteiger partial charge on any atom is -0.492 e. The van der Waals surface area contributed by atoms with Crippen molar-refractivity contribution in [3.63, 3.8) is 0 Å². The Morgan fingerprint density at radius 1 is 1.64 bits per heavy atom. The van der Waals surface area contributed by atoms with Crippen LogP contribution < -0.4 is 4.74 Å². The van der Waals surface area contributed by atoms with E-state index in [-0.39, 0.29) is 16.5 Å². The van der Waals surface area contributed by atoms with Crippen LogP contribution in [0.15, 0.2) is 6.07 Å². The lowest BCUT2D eigenvalue weighted by Crippen LogP contribution is -1.98. The lowest BCUT2D eigenvalue weighted by molar-refractivity contribution is 0.146. The summed E-state index contributed by atoms with van der Waals surface area (Å²) < 4.78 is 29.2. The van der Waals surface area contributed by atoms with Crippen molar-refractivity contribution in [3.8, 4) is 11.8 Å². The minimum atomic E-state index is -2.76. The molecule has 0 amide bonds. The molecule has 0 N–H and O–H groups in total. The Kier molecular flexibility index (Phi) is 3.20. The van der Waals surface area contributed by atoms with Gasteiger partial charge < -0.3 is 4.74 Å². The van der Waals surface area contributed by atoms with E-state index in [4.69, 9.17) is 21.6 Å². The number of hydrogen-bond acceptors (Lipinski definition) is 3. The summed E-state index contributed by atoms with van der Waals surface area (Å²) in [6.07, 6.45) is -2.76. The van der Waals surface area contributed by atoms with Crippen molar-refractivity contribution >= 4 is 11.6 Å². The second kappa shape index (κ2) is 4.20. The fourth-order valence-electron chi connectivity index (χ4n) is 0.902. The summed E-state index contributed by atoms with van der Waals surface area (Å²) in [7, 11) is 1.28. The van der Waals surface area contributed by atoms with Crippen molar-refractivity contribution in [2.75, 3.05) is 7.11 Å². The fourth-order valence-corrected chi connectivity index (χ4v) is 1.18. The Labute approximate surface area is 83.9 Å². The van der Waals surface area contributed by atoms with E-state index >= 15 is 0 Å². The van der Waals surface area contributed by atoms with E-state index < -0.39 is 12.1 Å². The molecule has 0 spiro atoms. The molecule has 0 aliphatic rings. The highest BCUT2D eigenvalue weighted by Gasteiger charge is 2.16. The SMILES string of the molecule is COc1c(Cl)cc(C(F)F)nc1C#N. The Hall–Kier alpha value is -1.41. The lowest BCUT2D eigenvalue weighted by atomic mass is 10.3. The summed E-state index contributed by atoms with van der Waals surface area (Å²) >= 11 is 5.61. The summed E-state index contributed by atoms with van der Waals surface area (Å²) in [6, 6.07) is 2.61. The predicted molar refractivity (Wildman–Crippen MR) is 45.5 cm³/mol. The number of alkyl halides is 2. The highest BCUT2D eigenvalue weighted by atomic mass is 35.5. The number of hydrogen-bond donors (Lipinski definition) is 0. The highest BCUT2D eigenvalue weighted by molar-refractivity contribution is 6.32. The molecule has 0 fully saturated rings. The molecule has 1 heterocycles. The maximum Gasteiger partial charge on any atom is 0.280 e. The smallest absolute Gasteiger partial charge is 0.280 e. The molecule has 1 aromatic heterocycles. The standard InChI is InChI=1S/C8H5ClF2N2O/c1-14-7-4(9)2-5(8(10)11)13-6(7)3-12/h2,8H,1H3. The first-order chi connectivity index (χ1) is 6.60. The van der Waals surface area contributed by atoms with Crippen LogP contribution in [0.3, 0.4) is 0 Å². The Morgan fingerprint density at radius 3 is 2.71 bits per heavy atom. The van der Waals surface area contributed by atoms with Crippen LogP contribution in [0.25, 0.3) is 0 Å². The topological polar surface area (TPSA) is 45.9 Å². The summed E-state index contributed by atoms with van der Waals surface area (Å²) in [5.41, 5.74) is -0.775. The van der Waals surface area contributed by atoms with Gasteiger partial charge in [0.15, 0.2) is 11.4 Å². The molecular formula is C8H5ClF2N2O. The van der Waals surface area contributed by atoms with E-state index in [9.17, 15) is 8.78 Å². The first-order valence-electron chi connectivity index (χ1n) is 3.52. The van der Waals surface area contributed by atoms with Gasteiger partial charge in [0.25, 0.3) is 6.43 Å². The second-order valence-electron chi connectivity index (χ2n) is 2.32. The fraction of sp³-hybridized carbons (Fsp3) is 0.250. The van der Waals surface area contributed by atoms with E-state index in [0.29, 0.717) is 0 Å². The molecule has 6 heteroatoms. The van der Waals surface area contributed by atoms with Gasteiger partial charge in [-0.2, -0.15) is 5.26 Å². The average molecular weight is 219 g/mol. The number of aromatic nitrogens is 1. The zero-order valence-electron chi connectivity index (χ0n) is 7.09. The van der Waals surface area contributed by atoms with Crippen LogP contribution in [0.4, 0.5) is 8.78 Å². The van der Waals surface area contributed by atoms with E-state index in [1.54, 1.807) is 6.07 Å². The van der Waals surface area contributed by atoms with Crippen LogP contribution in [0.5, 0.6) is 5.75 Å². The molecule has 1 aromatic rings. The van der Waals surface area contributed by atoms with E-state index in [1.807, 2.05) is 0 Å². The summed E-state index contributed by atoms with van der Waals surface area (Å²) in [4.78, 5) is 3.40. The van der Waals surface area contributed by atoms with Crippen LogP contribution in [0.2, 0.25) is 5.02 Å². The second-order valence-corrected chi connectivity index (χ2v) is 2.73. The molecule has 0 bridgehead atoms. The van der Waals surface area contributed by atoms with E-state index in [2.05, 4.69) is 4.98 Å². The van der Waals surface area contributed by atoms with E-state index in [0.717, 1.165) is 6.07 Å². The molecule has 0 aliphatic carbocycles. The molecule has 0 aromatic carbocycles. The number of nitriles is 1. The first-order valence-corrected chi connectivity index (χ1v) is 3.90. The van der Waals surface area contributed by atoms with Gasteiger partial charge in [-0.25, -0.2) is 13.8 Å². The van der Waals surface area contributed by atoms with Crippen molar-refractivity contribution in [3.05, 3.63) is 22.5 Å². The van der Waals surface area contributed by atoms with Crippen LogP contribution in [0, 0.1) is 11.3 Å².